The van der Waals surface area contributed by atoms with Gasteiger partial charge in [0.1, 0.15) is 11.3 Å². The standard InChI is InChI=1S/C25H27N3O6S/c1-15-12-16(2)22(17(3)13-15)34-24-20(10-11-21(26-24)25(4,5)6)23(29)27-35(32,33)19-9-7-8-18(14-19)28(30)31/h7-14H,1-6H3,(H,27,29). The number of aromatic nitrogens is 1. The van der Waals surface area contributed by atoms with Gasteiger partial charge in [-0.25, -0.2) is 18.1 Å². The first-order valence-electron chi connectivity index (χ1n) is 10.8. The zero-order valence-electron chi connectivity index (χ0n) is 20.4. The first-order valence-corrected chi connectivity index (χ1v) is 12.3. The van der Waals surface area contributed by atoms with Gasteiger partial charge in [0, 0.05) is 23.2 Å². The van der Waals surface area contributed by atoms with Gasteiger partial charge in [0.25, 0.3) is 21.6 Å². The number of carbonyl (C=O) groups excluding carboxylic acids is 1. The lowest BCUT2D eigenvalue weighted by molar-refractivity contribution is -0.385. The molecule has 0 saturated heterocycles. The van der Waals surface area contributed by atoms with Gasteiger partial charge in [0.05, 0.1) is 9.82 Å². The van der Waals surface area contributed by atoms with E-state index in [1.54, 1.807) is 6.07 Å². The maximum absolute atomic E-state index is 13.1. The Morgan fingerprint density at radius 2 is 1.66 bits per heavy atom. The summed E-state index contributed by atoms with van der Waals surface area (Å²) in [5.74, 6) is -0.495. The fourth-order valence-corrected chi connectivity index (χ4v) is 4.54. The third kappa shape index (κ3) is 5.83. The molecule has 9 nitrogen and oxygen atoms in total. The summed E-state index contributed by atoms with van der Waals surface area (Å²) in [7, 11) is -4.40. The molecular weight excluding hydrogens is 470 g/mol. The van der Waals surface area contributed by atoms with Gasteiger partial charge in [-0.3, -0.25) is 14.9 Å². The highest BCUT2D eigenvalue weighted by molar-refractivity contribution is 7.90. The van der Waals surface area contributed by atoms with E-state index in [1.165, 1.54) is 18.2 Å². The summed E-state index contributed by atoms with van der Waals surface area (Å²) >= 11 is 0. The van der Waals surface area contributed by atoms with Gasteiger partial charge in [0.2, 0.25) is 5.88 Å². The molecule has 2 aromatic carbocycles. The molecular formula is C25H27N3O6S. The number of benzene rings is 2. The molecule has 0 fully saturated rings. The van der Waals surface area contributed by atoms with Gasteiger partial charge in [-0.2, -0.15) is 0 Å². The molecule has 3 aromatic rings. The number of rotatable bonds is 6. The molecule has 0 bridgehead atoms. The molecule has 10 heteroatoms. The van der Waals surface area contributed by atoms with Crippen LogP contribution in [0, 0.1) is 30.9 Å². The van der Waals surface area contributed by atoms with Crippen molar-refractivity contribution in [2.45, 2.75) is 51.9 Å². The van der Waals surface area contributed by atoms with Crippen molar-refractivity contribution in [3.05, 3.63) is 86.6 Å². The van der Waals surface area contributed by atoms with E-state index in [9.17, 15) is 23.3 Å². The normalized spacial score (nSPS) is 11.7. The highest BCUT2D eigenvalue weighted by atomic mass is 32.2. The highest BCUT2D eigenvalue weighted by Crippen LogP contribution is 2.33. The van der Waals surface area contributed by atoms with Crippen molar-refractivity contribution in [2.24, 2.45) is 0 Å². The predicted molar refractivity (Wildman–Crippen MR) is 131 cm³/mol. The number of hydrogen-bond donors (Lipinski definition) is 1. The predicted octanol–water partition coefficient (Wildman–Crippen LogP) is 5.12. The fraction of sp³-hybridized carbons (Fsp3) is 0.280. The van der Waals surface area contributed by atoms with Crippen molar-refractivity contribution >= 4 is 21.6 Å². The minimum Gasteiger partial charge on any atom is -0.438 e. The van der Waals surface area contributed by atoms with Gasteiger partial charge < -0.3 is 4.74 Å². The van der Waals surface area contributed by atoms with Crippen molar-refractivity contribution in [1.29, 1.82) is 0 Å². The zero-order chi connectivity index (χ0) is 26.1. The van der Waals surface area contributed by atoms with Gasteiger partial charge in [-0.1, -0.05) is 44.5 Å². The van der Waals surface area contributed by atoms with Crippen LogP contribution >= 0.6 is 0 Å². The van der Waals surface area contributed by atoms with Crippen molar-refractivity contribution in [1.82, 2.24) is 9.71 Å². The Morgan fingerprint density at radius 1 is 1.03 bits per heavy atom. The molecule has 3 rings (SSSR count). The Labute approximate surface area is 204 Å². The number of nitrogens with zero attached hydrogens (tertiary/aromatic N) is 2. The summed E-state index contributed by atoms with van der Waals surface area (Å²) in [6, 6.07) is 11.4. The van der Waals surface area contributed by atoms with Crippen LogP contribution in [0.5, 0.6) is 11.6 Å². The number of nitro benzene ring substituents is 1. The van der Waals surface area contributed by atoms with Gasteiger partial charge in [-0.15, -0.1) is 0 Å². The average Bonchev–Trinajstić information content (AvgIpc) is 2.75. The number of carbonyl (C=O) groups is 1. The number of non-ortho nitro benzene ring substituents is 1. The first-order chi connectivity index (χ1) is 16.2. The van der Waals surface area contributed by atoms with E-state index in [0.29, 0.717) is 11.4 Å². The molecule has 0 aliphatic heterocycles. The summed E-state index contributed by atoms with van der Waals surface area (Å²) in [6.07, 6.45) is 0. The van der Waals surface area contributed by atoms with Gasteiger partial charge in [0.15, 0.2) is 0 Å². The number of amides is 1. The maximum Gasteiger partial charge on any atom is 0.270 e. The number of nitro groups is 1. The summed E-state index contributed by atoms with van der Waals surface area (Å²) in [6.45, 7) is 11.6. The van der Waals surface area contributed by atoms with Crippen molar-refractivity contribution in [3.63, 3.8) is 0 Å². The molecule has 1 N–H and O–H groups in total. The monoisotopic (exact) mass is 497 g/mol. The van der Waals surface area contributed by atoms with Crippen LogP contribution in [0.3, 0.4) is 0 Å². The lowest BCUT2D eigenvalue weighted by Crippen LogP contribution is -2.31. The third-order valence-corrected chi connectivity index (χ3v) is 6.57. The van der Waals surface area contributed by atoms with E-state index in [2.05, 4.69) is 4.98 Å². The van der Waals surface area contributed by atoms with Crippen molar-refractivity contribution in [2.75, 3.05) is 0 Å². The Hall–Kier alpha value is -3.79. The van der Waals surface area contributed by atoms with Crippen LogP contribution in [0.2, 0.25) is 0 Å². The minimum absolute atomic E-state index is 0.0424. The number of ether oxygens (including phenoxy) is 1. The highest BCUT2D eigenvalue weighted by Gasteiger charge is 2.26. The van der Waals surface area contributed by atoms with Crippen LogP contribution in [-0.2, 0) is 15.4 Å². The molecule has 0 unspecified atom stereocenters. The van der Waals surface area contributed by atoms with E-state index in [0.717, 1.165) is 28.8 Å². The molecule has 1 aromatic heterocycles. The first kappa shape index (κ1) is 25.8. The number of pyridine rings is 1. The molecule has 0 aliphatic carbocycles. The Bertz CT molecular complexity index is 1400. The van der Waals surface area contributed by atoms with Gasteiger partial charge in [-0.05, 0) is 50.1 Å². The van der Waals surface area contributed by atoms with Crippen molar-refractivity contribution in [3.8, 4) is 11.6 Å². The van der Waals surface area contributed by atoms with Gasteiger partial charge >= 0.3 is 0 Å². The van der Waals surface area contributed by atoms with Crippen LogP contribution in [0.1, 0.15) is 53.5 Å². The largest absolute Gasteiger partial charge is 0.438 e. The molecule has 1 heterocycles. The lowest BCUT2D eigenvalue weighted by atomic mass is 9.91. The number of hydrogen-bond acceptors (Lipinski definition) is 7. The Balaban J connectivity index is 2.04. The van der Waals surface area contributed by atoms with Crippen molar-refractivity contribution < 1.29 is 22.9 Å². The fourth-order valence-electron chi connectivity index (χ4n) is 3.53. The summed E-state index contributed by atoms with van der Waals surface area (Å²) in [4.78, 5) is 27.5. The molecule has 0 atom stereocenters. The SMILES string of the molecule is Cc1cc(C)c(Oc2nc(C(C)(C)C)ccc2C(=O)NS(=O)(=O)c2cccc([N+](=O)[O-])c2)c(C)c1. The average molecular weight is 498 g/mol. The van der Waals surface area contributed by atoms with E-state index in [-0.39, 0.29) is 16.9 Å². The Morgan fingerprint density at radius 3 is 2.23 bits per heavy atom. The van der Waals surface area contributed by atoms with Crippen LogP contribution in [0.4, 0.5) is 5.69 Å². The van der Waals surface area contributed by atoms with Crippen LogP contribution in [-0.4, -0.2) is 24.2 Å². The molecule has 0 radical (unpaired) electrons. The topological polar surface area (TPSA) is 128 Å². The molecule has 0 saturated carbocycles. The zero-order valence-corrected chi connectivity index (χ0v) is 21.2. The second kappa shape index (κ2) is 9.46. The van der Waals surface area contributed by atoms with E-state index >= 15 is 0 Å². The summed E-state index contributed by atoms with van der Waals surface area (Å²) in [5, 5.41) is 11.0. The molecule has 0 spiro atoms. The smallest absolute Gasteiger partial charge is 0.270 e. The quantitative estimate of drug-likeness (QED) is 0.369. The Kier molecular flexibility index (Phi) is 6.98. The number of nitrogens with one attached hydrogen (secondary N) is 1. The second-order valence-electron chi connectivity index (χ2n) is 9.32. The van der Waals surface area contributed by atoms with E-state index in [1.807, 2.05) is 58.4 Å². The minimum atomic E-state index is -4.40. The third-order valence-electron chi connectivity index (χ3n) is 5.24. The van der Waals surface area contributed by atoms with Crippen LogP contribution < -0.4 is 9.46 Å². The van der Waals surface area contributed by atoms with Crippen LogP contribution in [0.15, 0.2) is 53.4 Å². The molecule has 1 amide bonds. The lowest BCUT2D eigenvalue weighted by Gasteiger charge is -2.21. The maximum atomic E-state index is 13.1. The van der Waals surface area contributed by atoms with E-state index in [4.69, 9.17) is 4.74 Å². The van der Waals surface area contributed by atoms with E-state index < -0.39 is 31.4 Å². The molecule has 35 heavy (non-hydrogen) atoms. The molecule has 0 aliphatic rings. The number of aryl methyl sites for hydroxylation is 3. The second-order valence-corrected chi connectivity index (χ2v) is 11.0. The van der Waals surface area contributed by atoms with Crippen LogP contribution in [0.25, 0.3) is 0 Å². The summed E-state index contributed by atoms with van der Waals surface area (Å²) in [5.41, 5.74) is 2.50. The number of sulfonamides is 1. The molecule has 184 valence electrons. The summed E-state index contributed by atoms with van der Waals surface area (Å²) < 4.78 is 33.7.